The average molecular weight is 385 g/mol. The van der Waals surface area contributed by atoms with Crippen LogP contribution in [0.3, 0.4) is 0 Å². The number of aliphatic imine (C=N–C) groups is 1. The number of carbonyl (C=O) groups excluding carboxylic acids is 1. The lowest BCUT2D eigenvalue weighted by Crippen LogP contribution is -2.28. The number of phenols is 1. The summed E-state index contributed by atoms with van der Waals surface area (Å²) in [5.74, 6) is -2.07. The van der Waals surface area contributed by atoms with Crippen molar-refractivity contribution in [3.8, 4) is 5.75 Å². The third-order valence-corrected chi connectivity index (χ3v) is 5.28. The van der Waals surface area contributed by atoms with Crippen LogP contribution in [0.1, 0.15) is 18.9 Å². The van der Waals surface area contributed by atoms with Crippen LogP contribution < -0.4 is 9.80 Å². The Kier molecular flexibility index (Phi) is 4.75. The maximum absolute atomic E-state index is 13.4. The van der Waals surface area contributed by atoms with Gasteiger partial charge in [-0.05, 0) is 49.6 Å². The highest BCUT2D eigenvalue weighted by atomic mass is 19.2. The number of halogens is 2. The molecule has 0 saturated carbocycles. The van der Waals surface area contributed by atoms with Gasteiger partial charge in [-0.2, -0.15) is 0 Å². The Hall–Kier alpha value is -2.96. The van der Waals surface area contributed by atoms with Crippen LogP contribution in [-0.4, -0.2) is 36.5 Å². The fourth-order valence-corrected chi connectivity index (χ4v) is 3.79. The number of nitrogens with zero attached hydrogens (tertiary/aromatic N) is 3. The largest absolute Gasteiger partial charge is 0.506 e. The Morgan fingerprint density at radius 1 is 1.18 bits per heavy atom. The van der Waals surface area contributed by atoms with Gasteiger partial charge in [0.05, 0.1) is 18.1 Å². The molecular formula is C21H21F2N3O2. The van der Waals surface area contributed by atoms with E-state index in [-0.39, 0.29) is 23.6 Å². The van der Waals surface area contributed by atoms with Crippen molar-refractivity contribution in [3.63, 3.8) is 0 Å². The second kappa shape index (κ2) is 7.22. The molecule has 0 aromatic heterocycles. The number of benzene rings is 2. The van der Waals surface area contributed by atoms with Gasteiger partial charge < -0.3 is 14.9 Å². The van der Waals surface area contributed by atoms with Crippen LogP contribution in [0.4, 0.5) is 20.2 Å². The van der Waals surface area contributed by atoms with Crippen LogP contribution in [0, 0.1) is 17.6 Å². The molecule has 1 amide bonds. The first-order valence-corrected chi connectivity index (χ1v) is 9.30. The standard InChI is InChI=1S/C21H21F2N3O2/c1-13-11-25(12-24-13)19-5-3-16(10-20(19)27)26-7-6-15(21(26)28)8-14-2-4-17(22)18(23)9-14/h2-5,9-10,12-13,15,27H,6-8,11H2,1H3. The minimum Gasteiger partial charge on any atom is -0.506 e. The Labute approximate surface area is 161 Å². The van der Waals surface area contributed by atoms with E-state index in [1.165, 1.54) is 6.07 Å². The molecule has 0 bridgehead atoms. The summed E-state index contributed by atoms with van der Waals surface area (Å²) in [6.45, 7) is 3.22. The lowest BCUT2D eigenvalue weighted by atomic mass is 9.98. The van der Waals surface area contributed by atoms with Gasteiger partial charge >= 0.3 is 0 Å². The fraction of sp³-hybridized carbons (Fsp3) is 0.333. The molecule has 2 heterocycles. The number of rotatable bonds is 4. The van der Waals surface area contributed by atoms with Crippen molar-refractivity contribution in [1.82, 2.24) is 0 Å². The Bertz CT molecular complexity index is 947. The van der Waals surface area contributed by atoms with E-state index in [9.17, 15) is 18.7 Å². The molecule has 7 heteroatoms. The van der Waals surface area contributed by atoms with Gasteiger partial charge in [0.1, 0.15) is 5.75 Å². The first kappa shape index (κ1) is 18.4. The molecule has 2 aromatic carbocycles. The smallest absolute Gasteiger partial charge is 0.230 e. The van der Waals surface area contributed by atoms with Crippen molar-refractivity contribution in [2.24, 2.45) is 10.9 Å². The minimum absolute atomic E-state index is 0.0757. The second-order valence-corrected chi connectivity index (χ2v) is 7.37. The summed E-state index contributed by atoms with van der Waals surface area (Å²) in [5.41, 5.74) is 1.88. The van der Waals surface area contributed by atoms with Crippen molar-refractivity contribution >= 4 is 23.6 Å². The van der Waals surface area contributed by atoms with E-state index in [0.717, 1.165) is 12.1 Å². The monoisotopic (exact) mass is 385 g/mol. The van der Waals surface area contributed by atoms with Crippen LogP contribution in [0.25, 0.3) is 0 Å². The number of anilines is 2. The zero-order chi connectivity index (χ0) is 19.8. The third kappa shape index (κ3) is 3.44. The molecule has 2 unspecified atom stereocenters. The van der Waals surface area contributed by atoms with Gasteiger partial charge in [-0.1, -0.05) is 6.07 Å². The minimum atomic E-state index is -0.903. The van der Waals surface area contributed by atoms with E-state index in [0.29, 0.717) is 42.9 Å². The summed E-state index contributed by atoms with van der Waals surface area (Å²) >= 11 is 0. The first-order valence-electron chi connectivity index (χ1n) is 9.30. The zero-order valence-corrected chi connectivity index (χ0v) is 15.5. The highest BCUT2D eigenvalue weighted by Gasteiger charge is 2.33. The summed E-state index contributed by atoms with van der Waals surface area (Å²) in [4.78, 5) is 20.6. The number of hydrogen-bond acceptors (Lipinski definition) is 4. The normalized spacial score (nSPS) is 21.8. The molecule has 1 N–H and O–H groups in total. The maximum Gasteiger partial charge on any atom is 0.230 e. The van der Waals surface area contributed by atoms with Gasteiger partial charge in [-0.3, -0.25) is 9.79 Å². The predicted molar refractivity (Wildman–Crippen MR) is 104 cm³/mol. The van der Waals surface area contributed by atoms with Gasteiger partial charge in [0.2, 0.25) is 5.91 Å². The summed E-state index contributed by atoms with van der Waals surface area (Å²) in [6, 6.07) is 9.09. The quantitative estimate of drug-likeness (QED) is 0.876. The Balaban J connectivity index is 1.48. The van der Waals surface area contributed by atoms with Crippen molar-refractivity contribution in [1.29, 1.82) is 0 Å². The molecule has 2 atom stereocenters. The molecule has 1 saturated heterocycles. The highest BCUT2D eigenvalue weighted by molar-refractivity contribution is 5.98. The van der Waals surface area contributed by atoms with Crippen molar-refractivity contribution in [3.05, 3.63) is 53.6 Å². The first-order chi connectivity index (χ1) is 13.4. The lowest BCUT2D eigenvalue weighted by molar-refractivity contribution is -0.120. The average Bonchev–Trinajstić information content (AvgIpc) is 3.24. The van der Waals surface area contributed by atoms with Crippen LogP contribution in [0.5, 0.6) is 5.75 Å². The SMILES string of the molecule is CC1CN(c2ccc(N3CCC(Cc4ccc(F)c(F)c4)C3=O)cc2O)C=N1. The van der Waals surface area contributed by atoms with E-state index in [1.54, 1.807) is 23.4 Å². The highest BCUT2D eigenvalue weighted by Crippen LogP contribution is 2.35. The maximum atomic E-state index is 13.4. The van der Waals surface area contributed by atoms with Crippen molar-refractivity contribution in [2.45, 2.75) is 25.8 Å². The van der Waals surface area contributed by atoms with E-state index in [1.807, 2.05) is 17.9 Å². The number of carbonyl (C=O) groups is 1. The second-order valence-electron chi connectivity index (χ2n) is 7.37. The molecule has 2 aliphatic heterocycles. The zero-order valence-electron chi connectivity index (χ0n) is 15.5. The van der Waals surface area contributed by atoms with E-state index in [4.69, 9.17) is 0 Å². The number of aromatic hydroxyl groups is 1. The van der Waals surface area contributed by atoms with Gasteiger partial charge in [0, 0.05) is 30.8 Å². The molecule has 4 rings (SSSR count). The molecule has 2 aromatic rings. The molecule has 5 nitrogen and oxygen atoms in total. The number of phenolic OH excluding ortho intramolecular Hbond substituents is 1. The van der Waals surface area contributed by atoms with Crippen LogP contribution in [0.15, 0.2) is 41.4 Å². The van der Waals surface area contributed by atoms with E-state index in [2.05, 4.69) is 4.99 Å². The van der Waals surface area contributed by atoms with Gasteiger partial charge in [-0.25, -0.2) is 8.78 Å². The van der Waals surface area contributed by atoms with Gasteiger partial charge in [-0.15, -0.1) is 0 Å². The predicted octanol–water partition coefficient (Wildman–Crippen LogP) is 3.50. The molecule has 146 valence electrons. The fourth-order valence-electron chi connectivity index (χ4n) is 3.79. The summed E-state index contributed by atoms with van der Waals surface area (Å²) in [6.07, 6.45) is 2.69. The van der Waals surface area contributed by atoms with Gasteiger partial charge in [0.15, 0.2) is 11.6 Å². The molecule has 1 fully saturated rings. The van der Waals surface area contributed by atoms with Gasteiger partial charge in [0.25, 0.3) is 0 Å². The van der Waals surface area contributed by atoms with E-state index >= 15 is 0 Å². The van der Waals surface area contributed by atoms with Crippen molar-refractivity contribution in [2.75, 3.05) is 22.9 Å². The van der Waals surface area contributed by atoms with Crippen LogP contribution >= 0.6 is 0 Å². The molecule has 28 heavy (non-hydrogen) atoms. The van der Waals surface area contributed by atoms with Crippen molar-refractivity contribution < 1.29 is 18.7 Å². The summed E-state index contributed by atoms with van der Waals surface area (Å²) < 4.78 is 26.5. The van der Waals surface area contributed by atoms with E-state index < -0.39 is 11.6 Å². The van der Waals surface area contributed by atoms with Crippen LogP contribution in [-0.2, 0) is 11.2 Å². The topological polar surface area (TPSA) is 56.1 Å². The molecule has 2 aliphatic rings. The lowest BCUT2D eigenvalue weighted by Gasteiger charge is -2.21. The van der Waals surface area contributed by atoms with Crippen LogP contribution in [0.2, 0.25) is 0 Å². The summed E-state index contributed by atoms with van der Waals surface area (Å²) in [7, 11) is 0. The third-order valence-electron chi connectivity index (χ3n) is 5.28. The summed E-state index contributed by atoms with van der Waals surface area (Å²) in [5, 5.41) is 10.4. The Morgan fingerprint density at radius 3 is 2.68 bits per heavy atom. The number of amides is 1. The molecule has 0 spiro atoms. The molecule has 0 radical (unpaired) electrons. The molecular weight excluding hydrogens is 364 g/mol. The molecule has 0 aliphatic carbocycles. The number of hydrogen-bond donors (Lipinski definition) is 1. The Morgan fingerprint density at radius 2 is 2.00 bits per heavy atom.